The van der Waals surface area contributed by atoms with Gasteiger partial charge in [0.05, 0.1) is 5.60 Å². The van der Waals surface area contributed by atoms with Crippen molar-refractivity contribution in [3.8, 4) is 0 Å². The van der Waals surface area contributed by atoms with Crippen LogP contribution >= 0.6 is 9.24 Å². The molecule has 1 nitrogen and oxygen atoms in total. The molecule has 0 aliphatic carbocycles. The summed E-state index contributed by atoms with van der Waals surface area (Å²) >= 11 is 0. The molecule has 135 valence electrons. The normalized spacial score (nSPS) is 12.8. The van der Waals surface area contributed by atoms with Crippen molar-refractivity contribution in [2.45, 2.75) is 38.5 Å². The number of hydrogen-bond acceptors (Lipinski definition) is 1. The van der Waals surface area contributed by atoms with Crippen LogP contribution in [0.15, 0.2) is 66.7 Å². The lowest BCUT2D eigenvalue weighted by Gasteiger charge is -2.39. The van der Waals surface area contributed by atoms with Gasteiger partial charge >= 0.3 is 7.48 Å². The third kappa shape index (κ3) is 3.26. The zero-order valence-corrected chi connectivity index (χ0v) is 17.6. The van der Waals surface area contributed by atoms with Gasteiger partial charge in [0.2, 0.25) is 0 Å². The van der Waals surface area contributed by atoms with Gasteiger partial charge in [-0.25, -0.2) is 0 Å². The molecule has 0 aliphatic heterocycles. The summed E-state index contributed by atoms with van der Waals surface area (Å²) in [5, 5.41) is 7.71. The lowest BCUT2D eigenvalue weighted by molar-refractivity contribution is 0.0841. The van der Waals surface area contributed by atoms with Gasteiger partial charge in [0.1, 0.15) is 0 Å². The Morgan fingerprint density at radius 3 is 1.59 bits per heavy atom. The molecule has 4 aromatic carbocycles. The Kier molecular flexibility index (Phi) is 4.53. The lowest BCUT2D eigenvalue weighted by atomic mass is 9.82. The van der Waals surface area contributed by atoms with Crippen molar-refractivity contribution < 1.29 is 4.65 Å². The van der Waals surface area contributed by atoms with Crippen molar-refractivity contribution in [1.82, 2.24) is 0 Å². The molecule has 0 aromatic heterocycles. The van der Waals surface area contributed by atoms with E-state index in [0.717, 1.165) is 5.46 Å². The second-order valence-electron chi connectivity index (χ2n) is 8.36. The summed E-state index contributed by atoms with van der Waals surface area (Å²) in [4.78, 5) is 0. The van der Waals surface area contributed by atoms with Gasteiger partial charge in [0.15, 0.2) is 0 Å². The maximum Gasteiger partial charge on any atom is 0.330 e. The lowest BCUT2D eigenvalue weighted by Crippen LogP contribution is -2.45. The van der Waals surface area contributed by atoms with Crippen molar-refractivity contribution in [3.05, 3.63) is 66.7 Å². The number of benzene rings is 4. The average Bonchev–Trinajstić information content (AvgIpc) is 2.65. The molecule has 0 heterocycles. The van der Waals surface area contributed by atoms with Crippen molar-refractivity contribution in [3.63, 3.8) is 0 Å². The molecule has 0 saturated carbocycles. The van der Waals surface area contributed by atoms with E-state index in [1.165, 1.54) is 32.3 Å². The highest BCUT2D eigenvalue weighted by atomic mass is 31.0. The monoisotopic (exact) mass is 371 g/mol. The van der Waals surface area contributed by atoms with E-state index in [4.69, 9.17) is 4.65 Å². The number of fused-ring (bicyclic) bond motifs is 6. The van der Waals surface area contributed by atoms with Gasteiger partial charge in [-0.15, -0.1) is 9.24 Å². The first kappa shape index (κ1) is 18.5. The summed E-state index contributed by atoms with van der Waals surface area (Å²) in [5.74, 6) is 0. The molecule has 0 spiro atoms. The molecule has 0 amide bonds. The number of hydrogen-bond donors (Lipinski definition) is 0. The summed E-state index contributed by atoms with van der Waals surface area (Å²) in [5.41, 5.74) is 0.809. The molecular formula is C24H25BOP. The van der Waals surface area contributed by atoms with E-state index in [0.29, 0.717) is 0 Å². The fourth-order valence-electron chi connectivity index (χ4n) is 3.37. The SMILES string of the molecule is CC(C)(P)C(C)(C)O[B]c1ccc2c3ccccc3c3ccccc3c2c1. The summed E-state index contributed by atoms with van der Waals surface area (Å²) in [6.45, 7) is 8.60. The maximum absolute atomic E-state index is 6.18. The summed E-state index contributed by atoms with van der Waals surface area (Å²) < 4.78 is 6.18. The average molecular weight is 371 g/mol. The Morgan fingerprint density at radius 1 is 0.667 bits per heavy atom. The minimum Gasteiger partial charge on any atom is -0.429 e. The maximum atomic E-state index is 6.18. The van der Waals surface area contributed by atoms with Crippen molar-refractivity contribution >= 4 is 54.5 Å². The van der Waals surface area contributed by atoms with Crippen LogP contribution in [0.1, 0.15) is 27.7 Å². The van der Waals surface area contributed by atoms with Crippen LogP contribution in [0.3, 0.4) is 0 Å². The molecular weight excluding hydrogens is 346 g/mol. The van der Waals surface area contributed by atoms with Crippen molar-refractivity contribution in [2.24, 2.45) is 0 Å². The van der Waals surface area contributed by atoms with Gasteiger partial charge in [-0.2, -0.15) is 0 Å². The molecule has 1 radical (unpaired) electrons. The Hall–Kier alpha value is -1.89. The van der Waals surface area contributed by atoms with E-state index in [9.17, 15) is 0 Å². The van der Waals surface area contributed by atoms with Crippen LogP contribution in [0.25, 0.3) is 32.3 Å². The Balaban J connectivity index is 1.85. The molecule has 0 bridgehead atoms. The van der Waals surface area contributed by atoms with Gasteiger partial charge in [0, 0.05) is 5.16 Å². The summed E-state index contributed by atoms with van der Waals surface area (Å²) in [6.07, 6.45) is 0. The first-order valence-electron chi connectivity index (χ1n) is 9.41. The van der Waals surface area contributed by atoms with Gasteiger partial charge in [-0.1, -0.05) is 86.0 Å². The molecule has 0 aliphatic rings. The standard InChI is InChI=1S/C24H25BOP/c1-23(2,24(3,4)27)26-25-16-13-14-21-19-11-6-5-9-17(19)18-10-7-8-12-20(18)22(21)15-16/h5-15H,27H2,1-4H3. The van der Waals surface area contributed by atoms with Crippen LogP contribution in [-0.2, 0) is 4.65 Å². The van der Waals surface area contributed by atoms with Crippen molar-refractivity contribution in [1.29, 1.82) is 0 Å². The Labute approximate surface area is 164 Å². The molecule has 0 saturated heterocycles. The predicted octanol–water partition coefficient (Wildman–Crippen LogP) is 5.84. The number of rotatable bonds is 4. The zero-order valence-electron chi connectivity index (χ0n) is 16.4. The third-order valence-corrected chi connectivity index (χ3v) is 6.50. The second kappa shape index (κ2) is 6.62. The van der Waals surface area contributed by atoms with Gasteiger partial charge in [-0.3, -0.25) is 0 Å². The molecule has 0 N–H and O–H groups in total. The minimum atomic E-state index is -0.280. The zero-order chi connectivity index (χ0) is 19.2. The second-order valence-corrected chi connectivity index (χ2v) is 9.81. The van der Waals surface area contributed by atoms with Crippen LogP contribution in [0.4, 0.5) is 0 Å². The van der Waals surface area contributed by atoms with E-state index in [1.54, 1.807) is 0 Å². The van der Waals surface area contributed by atoms with Gasteiger partial charge in [0.25, 0.3) is 0 Å². The first-order valence-corrected chi connectivity index (χ1v) is 9.99. The third-order valence-electron chi connectivity index (χ3n) is 5.81. The Bertz CT molecular complexity index is 1110. The molecule has 3 heteroatoms. The molecule has 4 aromatic rings. The van der Waals surface area contributed by atoms with Crippen LogP contribution in [0.5, 0.6) is 0 Å². The van der Waals surface area contributed by atoms with E-state index in [-0.39, 0.29) is 10.8 Å². The van der Waals surface area contributed by atoms with Crippen LogP contribution in [-0.4, -0.2) is 18.2 Å². The highest BCUT2D eigenvalue weighted by Gasteiger charge is 2.33. The Morgan fingerprint density at radius 2 is 1.11 bits per heavy atom. The first-order chi connectivity index (χ1) is 12.8. The topological polar surface area (TPSA) is 9.23 Å². The van der Waals surface area contributed by atoms with Crippen LogP contribution < -0.4 is 5.46 Å². The minimum absolute atomic E-state index is 0.0246. The fourth-order valence-corrected chi connectivity index (χ4v) is 3.43. The van der Waals surface area contributed by atoms with Crippen molar-refractivity contribution in [2.75, 3.05) is 0 Å². The molecule has 0 fully saturated rings. The van der Waals surface area contributed by atoms with Gasteiger partial charge < -0.3 is 4.65 Å². The van der Waals surface area contributed by atoms with Gasteiger partial charge in [-0.05, 0) is 46.2 Å². The summed E-state index contributed by atoms with van der Waals surface area (Å²) in [6, 6.07) is 23.9. The van der Waals surface area contributed by atoms with E-state index in [1.807, 2.05) is 7.48 Å². The summed E-state index contributed by atoms with van der Waals surface area (Å²) in [7, 11) is 4.78. The smallest absolute Gasteiger partial charge is 0.330 e. The highest BCUT2D eigenvalue weighted by Crippen LogP contribution is 2.35. The predicted molar refractivity (Wildman–Crippen MR) is 123 cm³/mol. The molecule has 27 heavy (non-hydrogen) atoms. The van der Waals surface area contributed by atoms with Crippen LogP contribution in [0, 0.1) is 0 Å². The quantitative estimate of drug-likeness (QED) is 0.249. The molecule has 4 rings (SSSR count). The van der Waals surface area contributed by atoms with E-state index < -0.39 is 0 Å². The fraction of sp³-hybridized carbons (Fsp3) is 0.250. The van der Waals surface area contributed by atoms with E-state index in [2.05, 4.69) is 104 Å². The van der Waals surface area contributed by atoms with Crippen LogP contribution in [0.2, 0.25) is 0 Å². The molecule has 1 atom stereocenters. The van der Waals surface area contributed by atoms with E-state index >= 15 is 0 Å². The molecule has 1 unspecified atom stereocenters. The largest absolute Gasteiger partial charge is 0.429 e. The highest BCUT2D eigenvalue weighted by molar-refractivity contribution is 7.19.